The van der Waals surface area contributed by atoms with Gasteiger partial charge in [0.25, 0.3) is 0 Å². The molecule has 0 spiro atoms. The van der Waals surface area contributed by atoms with Gasteiger partial charge in [0.1, 0.15) is 5.76 Å². The van der Waals surface area contributed by atoms with Gasteiger partial charge >= 0.3 is 18.2 Å². The topological polar surface area (TPSA) is 122 Å². The van der Waals surface area contributed by atoms with E-state index in [2.05, 4.69) is 37.5 Å². The lowest BCUT2D eigenvalue weighted by Crippen LogP contribution is -2.23. The number of rotatable bonds is 7. The van der Waals surface area contributed by atoms with E-state index in [4.69, 9.17) is 4.74 Å². The van der Waals surface area contributed by atoms with E-state index in [0.29, 0.717) is 24.4 Å². The molecular weight excluding hydrogens is 607 g/mol. The van der Waals surface area contributed by atoms with E-state index in [9.17, 15) is 22.8 Å². The molecule has 1 saturated heterocycles. The number of amides is 3. The number of nitrogens with zero attached hydrogens (tertiary/aromatic N) is 5. The van der Waals surface area contributed by atoms with Gasteiger partial charge in [0, 0.05) is 42.1 Å². The van der Waals surface area contributed by atoms with Crippen molar-refractivity contribution in [3.63, 3.8) is 0 Å². The van der Waals surface area contributed by atoms with E-state index in [1.54, 1.807) is 4.90 Å². The quantitative estimate of drug-likeness (QED) is 0.276. The molecule has 10 nitrogen and oxygen atoms in total. The fourth-order valence-electron chi connectivity index (χ4n) is 5.88. The van der Waals surface area contributed by atoms with E-state index in [0.717, 1.165) is 60.8 Å². The van der Waals surface area contributed by atoms with Crippen LogP contribution in [-0.2, 0) is 11.0 Å². The van der Waals surface area contributed by atoms with Crippen molar-refractivity contribution in [1.82, 2.24) is 19.9 Å². The zero-order chi connectivity index (χ0) is 31.6. The van der Waals surface area contributed by atoms with Crippen molar-refractivity contribution in [2.75, 3.05) is 22.1 Å². The lowest BCUT2D eigenvalue weighted by atomic mass is 9.86. The molecule has 2 unspecified atom stereocenters. The highest BCUT2D eigenvalue weighted by Gasteiger charge is 2.33. The molecule has 2 aliphatic carbocycles. The summed E-state index contributed by atoms with van der Waals surface area (Å²) >= 11 is 1.52. The highest BCUT2D eigenvalue weighted by molar-refractivity contribution is 7.15. The van der Waals surface area contributed by atoms with Crippen LogP contribution in [0, 0.1) is 5.92 Å². The summed E-state index contributed by atoms with van der Waals surface area (Å²) in [5, 5.41) is 5.85. The van der Waals surface area contributed by atoms with Gasteiger partial charge in [-0.25, -0.2) is 19.7 Å². The first kappa shape index (κ1) is 30.7. The van der Waals surface area contributed by atoms with Gasteiger partial charge in [0.05, 0.1) is 35.0 Å². The van der Waals surface area contributed by atoms with Gasteiger partial charge in [-0.15, -0.1) is 11.3 Å². The Hall–Kier alpha value is -4.33. The number of pyridine rings is 1. The Balaban J connectivity index is 1.06. The zero-order valence-corrected chi connectivity index (χ0v) is 25.3. The Morgan fingerprint density at radius 3 is 2.49 bits per heavy atom. The number of hydrogen-bond acceptors (Lipinski definition) is 8. The lowest BCUT2D eigenvalue weighted by molar-refractivity contribution is -0.137. The number of urea groups is 1. The number of carbonyl (C=O) groups is 2. The summed E-state index contributed by atoms with van der Waals surface area (Å²) in [6.07, 6.45) is 12.6. The van der Waals surface area contributed by atoms with Crippen LogP contribution in [0.25, 0.3) is 0 Å². The first-order chi connectivity index (χ1) is 21.6. The van der Waals surface area contributed by atoms with Crippen LogP contribution in [0.15, 0.2) is 54.8 Å². The van der Waals surface area contributed by atoms with E-state index in [-0.39, 0.29) is 41.0 Å². The SMILES string of the molecule is CC1C=C(Oc2ncc(NC(=O)Nc3cc(C(F)(F)F)cnc3C3CCCCC3)cn2)C=CC1c1cnc(N2CCCC2=O)s1. The molecule has 0 radical (unpaired) electrons. The molecule has 6 rings (SSSR count). The second kappa shape index (κ2) is 13.0. The van der Waals surface area contributed by atoms with Gasteiger partial charge in [0.15, 0.2) is 5.13 Å². The molecule has 4 heterocycles. The maximum Gasteiger partial charge on any atom is 0.417 e. The number of hydrogen-bond donors (Lipinski definition) is 2. The van der Waals surface area contributed by atoms with Crippen molar-refractivity contribution in [3.05, 3.63) is 71.0 Å². The van der Waals surface area contributed by atoms with Gasteiger partial charge in [0.2, 0.25) is 5.91 Å². The van der Waals surface area contributed by atoms with Gasteiger partial charge in [-0.1, -0.05) is 32.3 Å². The Bertz CT molecular complexity index is 1620. The summed E-state index contributed by atoms with van der Waals surface area (Å²) in [6.45, 7) is 2.76. The van der Waals surface area contributed by atoms with Crippen molar-refractivity contribution in [2.45, 2.75) is 69.9 Å². The molecule has 45 heavy (non-hydrogen) atoms. The predicted molar refractivity (Wildman–Crippen MR) is 163 cm³/mol. The predicted octanol–water partition coefficient (Wildman–Crippen LogP) is 7.42. The van der Waals surface area contributed by atoms with Gasteiger partial charge in [-0.05, 0) is 43.4 Å². The number of alkyl halides is 3. The maximum absolute atomic E-state index is 13.4. The highest BCUT2D eigenvalue weighted by Crippen LogP contribution is 2.39. The van der Waals surface area contributed by atoms with Crippen molar-refractivity contribution < 1.29 is 27.5 Å². The minimum Gasteiger partial charge on any atom is -0.425 e. The molecule has 1 aliphatic heterocycles. The van der Waals surface area contributed by atoms with Crippen LogP contribution in [0.3, 0.4) is 0 Å². The van der Waals surface area contributed by atoms with Crippen LogP contribution in [0.5, 0.6) is 6.01 Å². The highest BCUT2D eigenvalue weighted by atomic mass is 32.1. The molecule has 0 aromatic carbocycles. The maximum atomic E-state index is 13.4. The molecule has 0 bridgehead atoms. The van der Waals surface area contributed by atoms with Crippen molar-refractivity contribution >= 4 is 39.8 Å². The third-order valence-electron chi connectivity index (χ3n) is 8.19. The molecule has 14 heteroatoms. The average Bonchev–Trinajstić information content (AvgIpc) is 3.67. The zero-order valence-electron chi connectivity index (χ0n) is 24.5. The van der Waals surface area contributed by atoms with Crippen molar-refractivity contribution in [3.8, 4) is 6.01 Å². The summed E-state index contributed by atoms with van der Waals surface area (Å²) in [5.41, 5.74) is -0.194. The first-order valence-electron chi connectivity index (χ1n) is 14.9. The summed E-state index contributed by atoms with van der Waals surface area (Å²) in [7, 11) is 0. The first-order valence-corrected chi connectivity index (χ1v) is 15.8. The number of carbonyl (C=O) groups excluding carboxylic acids is 2. The molecule has 2 N–H and O–H groups in total. The average molecular weight is 640 g/mol. The van der Waals surface area contributed by atoms with Crippen LogP contribution in [0.1, 0.15) is 79.8 Å². The van der Waals surface area contributed by atoms with Gasteiger partial charge in [-0.2, -0.15) is 13.2 Å². The second-order valence-corrected chi connectivity index (χ2v) is 12.5. The number of nitrogens with one attached hydrogen (secondary N) is 2. The largest absolute Gasteiger partial charge is 0.425 e. The van der Waals surface area contributed by atoms with Crippen LogP contribution in [0.2, 0.25) is 0 Å². The summed E-state index contributed by atoms with van der Waals surface area (Å²) < 4.78 is 46.0. The van der Waals surface area contributed by atoms with E-state index in [1.165, 1.54) is 23.7 Å². The van der Waals surface area contributed by atoms with Crippen molar-refractivity contribution in [1.29, 1.82) is 0 Å². The molecule has 1 saturated carbocycles. The number of allylic oxidation sites excluding steroid dienone is 3. The summed E-state index contributed by atoms with van der Waals surface area (Å²) in [4.78, 5) is 44.6. The number of ether oxygens (including phenoxy) is 1. The number of thiazole rings is 1. The fourth-order valence-corrected chi connectivity index (χ4v) is 7.03. The molecule has 3 aromatic rings. The fraction of sp³-hybridized carbons (Fsp3) is 0.419. The third-order valence-corrected chi connectivity index (χ3v) is 9.31. The normalized spacial score (nSPS) is 20.7. The molecule has 3 aliphatic rings. The molecule has 3 amide bonds. The van der Waals surface area contributed by atoms with Crippen molar-refractivity contribution in [2.24, 2.45) is 5.92 Å². The minimum absolute atomic E-state index is 0.0164. The Morgan fingerprint density at radius 1 is 1.02 bits per heavy atom. The number of halogens is 3. The standard InChI is InChI=1S/C31H32F3N7O3S/c1-18-12-22(9-10-23(18)25-17-38-30(45-25)41-11-5-8-26(41)42)44-29-36-15-21(16-37-29)39-28(43)40-24-13-20(31(32,33)34)14-35-27(24)19-6-3-2-4-7-19/h9-10,12-19,23H,2-8,11H2,1H3,(H2,39,40,43). The summed E-state index contributed by atoms with van der Waals surface area (Å²) in [6, 6.07) is 0.267. The van der Waals surface area contributed by atoms with E-state index in [1.807, 2.05) is 24.4 Å². The second-order valence-electron chi connectivity index (χ2n) is 11.4. The Morgan fingerprint density at radius 2 is 1.80 bits per heavy atom. The Labute approximate surface area is 261 Å². The molecule has 2 atom stereocenters. The Kier molecular flexibility index (Phi) is 8.83. The van der Waals surface area contributed by atoms with Crippen LogP contribution in [0.4, 0.5) is 34.5 Å². The molecular formula is C31H32F3N7O3S. The van der Waals surface area contributed by atoms with E-state index >= 15 is 0 Å². The monoisotopic (exact) mass is 639 g/mol. The number of anilines is 3. The third kappa shape index (κ3) is 7.16. The van der Waals surface area contributed by atoms with Crippen LogP contribution >= 0.6 is 11.3 Å². The number of aromatic nitrogens is 4. The summed E-state index contributed by atoms with van der Waals surface area (Å²) in [5.74, 6) is 0.817. The van der Waals surface area contributed by atoms with Crippen LogP contribution in [-0.4, -0.2) is 38.4 Å². The minimum atomic E-state index is -4.59. The van der Waals surface area contributed by atoms with Gasteiger partial charge in [-0.3, -0.25) is 14.7 Å². The molecule has 3 aromatic heterocycles. The molecule has 236 valence electrons. The smallest absolute Gasteiger partial charge is 0.417 e. The lowest BCUT2D eigenvalue weighted by Gasteiger charge is -2.24. The van der Waals surface area contributed by atoms with Crippen LogP contribution < -0.4 is 20.3 Å². The van der Waals surface area contributed by atoms with E-state index < -0.39 is 17.8 Å². The molecule has 2 fully saturated rings. The van der Waals surface area contributed by atoms with Gasteiger partial charge < -0.3 is 15.4 Å².